The molecular weight excluding hydrogens is 547 g/mol. The number of nitrogen functional groups attached to an aromatic ring is 1. The number of aromatic nitrogens is 1. The van der Waals surface area contributed by atoms with Crippen LogP contribution in [-0.4, -0.2) is 85.9 Å². The van der Waals surface area contributed by atoms with Crippen LogP contribution in [0.1, 0.15) is 35.2 Å². The van der Waals surface area contributed by atoms with Crippen molar-refractivity contribution in [2.24, 2.45) is 0 Å². The van der Waals surface area contributed by atoms with Gasteiger partial charge in [-0.2, -0.15) is 5.26 Å². The molecule has 0 unspecified atom stereocenters. The van der Waals surface area contributed by atoms with Crippen LogP contribution in [0.5, 0.6) is 5.88 Å². The summed E-state index contributed by atoms with van der Waals surface area (Å²) in [5, 5.41) is 18.2. The van der Waals surface area contributed by atoms with Gasteiger partial charge in [0.1, 0.15) is 29.1 Å². The molecule has 1 amide bonds. The van der Waals surface area contributed by atoms with E-state index < -0.39 is 5.82 Å². The Morgan fingerprint density at radius 1 is 1.29 bits per heavy atom. The van der Waals surface area contributed by atoms with E-state index in [0.717, 1.165) is 42.9 Å². The highest BCUT2D eigenvalue weighted by Gasteiger charge is 2.33. The minimum Gasteiger partial charge on any atom is -0.475 e. The molecule has 5 rings (SSSR count). The highest BCUT2D eigenvalue weighted by Crippen LogP contribution is 2.41. The molecule has 2 fully saturated rings. The average molecular weight is 581 g/mol. The van der Waals surface area contributed by atoms with Crippen LogP contribution in [0.3, 0.4) is 0 Å². The Bertz CT molecular complexity index is 1420. The lowest BCUT2D eigenvalue weighted by Crippen LogP contribution is -2.49. The molecule has 10 nitrogen and oxygen atoms in total. The van der Waals surface area contributed by atoms with Crippen LogP contribution in [0.4, 0.5) is 21.5 Å². The molecule has 3 N–H and O–H groups in total. The lowest BCUT2D eigenvalue weighted by molar-refractivity contribution is -0.126. The number of nitriles is 1. The Hall–Kier alpha value is -3.88. The number of hydrogen-bond donors (Lipinski definition) is 2. The number of nitrogens with one attached hydrogen (secondary N) is 1. The molecule has 4 heterocycles. The molecule has 1 aromatic heterocycles. The topological polar surface area (TPSA) is 126 Å². The zero-order chi connectivity index (χ0) is 29.3. The number of piperazine rings is 1. The molecule has 12 heteroatoms. The van der Waals surface area contributed by atoms with Crippen molar-refractivity contribution in [2.75, 3.05) is 68.5 Å². The number of nitrogens with two attached hydrogens (primary N) is 1. The van der Waals surface area contributed by atoms with Crippen LogP contribution >= 0.6 is 11.6 Å². The summed E-state index contributed by atoms with van der Waals surface area (Å²) >= 11 is 6.41. The second kappa shape index (κ2) is 11.9. The van der Waals surface area contributed by atoms with E-state index in [-0.39, 0.29) is 35.1 Å². The quantitative estimate of drug-likeness (QED) is 0.290. The van der Waals surface area contributed by atoms with Crippen molar-refractivity contribution in [2.45, 2.75) is 31.8 Å². The third kappa shape index (κ3) is 5.42. The number of ether oxygens (including phenoxy) is 1. The Kier molecular flexibility index (Phi) is 8.33. The monoisotopic (exact) mass is 580 g/mol. The molecule has 2 saturated heterocycles. The maximum Gasteiger partial charge on any atom is 0.246 e. The Labute approximate surface area is 244 Å². The number of nitrogens with zero attached hydrogens (tertiary/aromatic N) is 6. The number of likely N-dealkylation sites (N-methyl/N-ethyl adjacent to an activating group) is 1. The van der Waals surface area contributed by atoms with Crippen LogP contribution in [0.25, 0.3) is 0 Å². The van der Waals surface area contributed by atoms with Gasteiger partial charge in [0.15, 0.2) is 0 Å². The number of benzene rings is 1. The van der Waals surface area contributed by atoms with Gasteiger partial charge in [0, 0.05) is 61.8 Å². The van der Waals surface area contributed by atoms with Gasteiger partial charge in [-0.15, -0.1) is 0 Å². The molecule has 2 aromatic rings. The summed E-state index contributed by atoms with van der Waals surface area (Å²) in [6, 6.07) is 3.72. The van der Waals surface area contributed by atoms with Crippen LogP contribution in [0, 0.1) is 22.6 Å². The van der Waals surface area contributed by atoms with Crippen LogP contribution in [0.2, 0.25) is 5.02 Å². The van der Waals surface area contributed by atoms with Crippen molar-refractivity contribution in [1.82, 2.24) is 14.8 Å². The number of likely N-dealkylation sites (tertiary alicyclic amines) is 1. The van der Waals surface area contributed by atoms with E-state index in [0.29, 0.717) is 68.3 Å². The summed E-state index contributed by atoms with van der Waals surface area (Å²) in [5.74, 6) is -0.499. The Morgan fingerprint density at radius 3 is 2.68 bits per heavy atom. The second-order valence-electron chi connectivity index (χ2n) is 10.6. The van der Waals surface area contributed by atoms with E-state index in [1.54, 1.807) is 4.90 Å². The smallest absolute Gasteiger partial charge is 0.246 e. The number of anilines is 3. The molecule has 216 valence electrons. The average Bonchev–Trinajstić information content (AvgIpc) is 3.40. The van der Waals surface area contributed by atoms with Crippen LogP contribution < -0.4 is 20.3 Å². The van der Waals surface area contributed by atoms with E-state index in [1.165, 1.54) is 6.08 Å². The molecule has 1 atom stereocenters. The molecule has 41 heavy (non-hydrogen) atoms. The Balaban J connectivity index is 1.54. The van der Waals surface area contributed by atoms with Crippen molar-refractivity contribution in [1.29, 1.82) is 10.7 Å². The van der Waals surface area contributed by atoms with Gasteiger partial charge in [0.2, 0.25) is 11.8 Å². The predicted octanol–water partition coefficient (Wildman–Crippen LogP) is 3.20. The number of halogens is 2. The molecule has 0 saturated carbocycles. The first-order valence-electron chi connectivity index (χ1n) is 13.7. The second-order valence-corrected chi connectivity index (χ2v) is 11.0. The van der Waals surface area contributed by atoms with Crippen molar-refractivity contribution in [3.05, 3.63) is 51.9 Å². The van der Waals surface area contributed by atoms with Crippen molar-refractivity contribution < 1.29 is 13.9 Å². The largest absolute Gasteiger partial charge is 0.475 e. The summed E-state index contributed by atoms with van der Waals surface area (Å²) in [6.07, 6.45) is 5.01. The van der Waals surface area contributed by atoms with Crippen LogP contribution in [0.15, 0.2) is 18.7 Å². The van der Waals surface area contributed by atoms with Gasteiger partial charge in [0.25, 0.3) is 0 Å². The van der Waals surface area contributed by atoms with Gasteiger partial charge in [-0.1, -0.05) is 18.2 Å². The van der Waals surface area contributed by atoms with Gasteiger partial charge in [0.05, 0.1) is 23.6 Å². The highest BCUT2D eigenvalue weighted by molar-refractivity contribution is 6.34. The van der Waals surface area contributed by atoms with E-state index in [1.807, 2.05) is 4.90 Å². The molecule has 0 radical (unpaired) electrons. The fraction of sp³-hybridized carbons (Fsp3) is 0.448. The lowest BCUT2D eigenvalue weighted by Gasteiger charge is -2.39. The molecule has 0 spiro atoms. The van der Waals surface area contributed by atoms with E-state index in [9.17, 15) is 14.4 Å². The molecule has 0 aliphatic carbocycles. The molecule has 0 bridgehead atoms. The third-order valence-corrected chi connectivity index (χ3v) is 8.66. The van der Waals surface area contributed by atoms with Crippen molar-refractivity contribution in [3.63, 3.8) is 0 Å². The summed E-state index contributed by atoms with van der Waals surface area (Å²) in [4.78, 5) is 25.0. The van der Waals surface area contributed by atoms with E-state index in [2.05, 4.69) is 29.5 Å². The summed E-state index contributed by atoms with van der Waals surface area (Å²) < 4.78 is 20.9. The number of carbonyl (C=O) groups excluding carboxylic acids is 1. The fourth-order valence-electron chi connectivity index (χ4n) is 6.03. The van der Waals surface area contributed by atoms with E-state index in [4.69, 9.17) is 32.5 Å². The third-order valence-electron chi connectivity index (χ3n) is 8.30. The first-order valence-corrected chi connectivity index (χ1v) is 14.1. The SMILES string of the molecule is C=CC(=O)N1CCN(c2c(C#N)c(OC[C@@H]3CCCN3C)nc3c2CCN(c2c(Cl)c(F)cc(N)c2C=N)C3)CC1. The number of amides is 1. The lowest BCUT2D eigenvalue weighted by atomic mass is 9.97. The zero-order valence-corrected chi connectivity index (χ0v) is 23.9. The first-order chi connectivity index (χ1) is 19.8. The summed E-state index contributed by atoms with van der Waals surface area (Å²) in [6.45, 7) is 7.82. The predicted molar refractivity (Wildman–Crippen MR) is 158 cm³/mol. The van der Waals surface area contributed by atoms with Crippen molar-refractivity contribution in [3.8, 4) is 11.9 Å². The standard InChI is InChI=1S/C29H34ClFN8O2/c1-3-25(40)37-9-11-38(12-10-37)27-19-6-8-39(28-20(14-32)23(34)13-22(31)26(28)30)16-24(19)35-29(21(27)15-33)41-17-18-5-4-7-36(18)2/h3,13-14,18,32H,1,4-12,16-17,34H2,2H3/t18-/m0/s1. The van der Waals surface area contributed by atoms with Gasteiger partial charge in [-0.05, 0) is 45.0 Å². The van der Waals surface area contributed by atoms with Gasteiger partial charge < -0.3 is 35.5 Å². The minimum absolute atomic E-state index is 0.0984. The van der Waals surface area contributed by atoms with Crippen molar-refractivity contribution >= 4 is 40.8 Å². The number of pyridine rings is 1. The highest BCUT2D eigenvalue weighted by atomic mass is 35.5. The zero-order valence-electron chi connectivity index (χ0n) is 23.1. The number of rotatable bonds is 7. The van der Waals surface area contributed by atoms with Gasteiger partial charge in [-0.3, -0.25) is 4.79 Å². The normalized spacial score (nSPS) is 19.1. The maximum absolute atomic E-state index is 14.6. The Morgan fingerprint density at radius 2 is 2.05 bits per heavy atom. The van der Waals surface area contributed by atoms with Gasteiger partial charge in [-0.25, -0.2) is 9.37 Å². The first kappa shape index (κ1) is 28.6. The molecular formula is C29H34ClFN8O2. The number of carbonyl (C=O) groups is 1. The molecule has 1 aromatic carbocycles. The number of fused-ring (bicyclic) bond motifs is 1. The summed E-state index contributed by atoms with van der Waals surface area (Å²) in [7, 11) is 2.06. The van der Waals surface area contributed by atoms with Gasteiger partial charge >= 0.3 is 0 Å². The van der Waals surface area contributed by atoms with E-state index >= 15 is 0 Å². The molecule has 3 aliphatic heterocycles. The fourth-order valence-corrected chi connectivity index (χ4v) is 6.31. The summed E-state index contributed by atoms with van der Waals surface area (Å²) in [5.41, 5.74) is 9.65. The minimum atomic E-state index is -0.652. The molecule has 3 aliphatic rings. The van der Waals surface area contributed by atoms with Crippen LogP contribution in [-0.2, 0) is 17.8 Å². The number of hydrogen-bond acceptors (Lipinski definition) is 9. The maximum atomic E-state index is 14.6.